The average molecular weight is 273 g/mol. The number of hydrogen-bond donors (Lipinski definition) is 2. The predicted octanol–water partition coefficient (Wildman–Crippen LogP) is 2.51. The topological polar surface area (TPSA) is 62.3 Å². The van der Waals surface area contributed by atoms with E-state index in [0.717, 1.165) is 30.7 Å². The lowest BCUT2D eigenvalue weighted by Gasteiger charge is -2.49. The maximum absolute atomic E-state index is 7.56. The number of nitrogens with two attached hydrogens (primary N) is 1. The van der Waals surface area contributed by atoms with E-state index < -0.39 is 0 Å². The molecule has 0 amide bonds. The van der Waals surface area contributed by atoms with Gasteiger partial charge in [-0.25, -0.2) is 0 Å². The number of ether oxygens (including phenoxy) is 1. The molecule has 1 saturated heterocycles. The van der Waals surface area contributed by atoms with Crippen LogP contribution in [0.25, 0.3) is 0 Å². The summed E-state index contributed by atoms with van der Waals surface area (Å²) in [5.41, 5.74) is 7.67. The molecule has 2 fully saturated rings. The van der Waals surface area contributed by atoms with Crippen LogP contribution in [0.5, 0.6) is 0 Å². The van der Waals surface area contributed by atoms with Crippen LogP contribution < -0.4 is 10.6 Å². The Kier molecular flexibility index (Phi) is 3.42. The Morgan fingerprint density at radius 2 is 2.25 bits per heavy atom. The molecule has 4 heteroatoms. The van der Waals surface area contributed by atoms with Gasteiger partial charge in [0.2, 0.25) is 0 Å². The molecule has 0 radical (unpaired) electrons. The first kappa shape index (κ1) is 13.4. The quantitative estimate of drug-likeness (QED) is 0.657. The lowest BCUT2D eigenvalue weighted by atomic mass is 9.73. The van der Waals surface area contributed by atoms with E-state index in [0.29, 0.717) is 6.04 Å². The van der Waals surface area contributed by atoms with Crippen molar-refractivity contribution >= 4 is 11.5 Å². The summed E-state index contributed by atoms with van der Waals surface area (Å²) in [5, 5.41) is 7.56. The van der Waals surface area contributed by atoms with E-state index in [1.807, 2.05) is 18.2 Å². The molecule has 0 aromatic heterocycles. The van der Waals surface area contributed by atoms with Gasteiger partial charge in [-0.15, -0.1) is 0 Å². The van der Waals surface area contributed by atoms with Gasteiger partial charge in [0.05, 0.1) is 5.60 Å². The molecule has 3 N–H and O–H groups in total. The summed E-state index contributed by atoms with van der Waals surface area (Å²) < 4.78 is 6.00. The van der Waals surface area contributed by atoms with Gasteiger partial charge in [0, 0.05) is 30.9 Å². The van der Waals surface area contributed by atoms with E-state index in [9.17, 15) is 0 Å². The molecule has 20 heavy (non-hydrogen) atoms. The average Bonchev–Trinajstić information content (AvgIpc) is 2.45. The Hall–Kier alpha value is -1.55. The van der Waals surface area contributed by atoms with Crippen LogP contribution in [0.1, 0.15) is 37.7 Å². The number of anilines is 1. The zero-order chi connectivity index (χ0) is 14.2. The third-order valence-corrected chi connectivity index (χ3v) is 4.84. The Labute approximate surface area is 120 Å². The second-order valence-corrected chi connectivity index (χ2v) is 6.11. The molecule has 1 aromatic rings. The molecule has 1 saturated carbocycles. The maximum Gasteiger partial charge on any atom is 0.122 e. The van der Waals surface area contributed by atoms with Crippen molar-refractivity contribution in [1.29, 1.82) is 5.41 Å². The van der Waals surface area contributed by atoms with Crippen LogP contribution in [0.3, 0.4) is 0 Å². The Bertz CT molecular complexity index is 510. The third-order valence-electron chi connectivity index (χ3n) is 4.84. The van der Waals surface area contributed by atoms with Crippen LogP contribution in [-0.4, -0.2) is 31.1 Å². The van der Waals surface area contributed by atoms with Gasteiger partial charge < -0.3 is 15.4 Å². The summed E-state index contributed by atoms with van der Waals surface area (Å²) >= 11 is 0. The molecule has 108 valence electrons. The molecule has 1 atom stereocenters. The highest BCUT2D eigenvalue weighted by molar-refractivity contribution is 5.95. The van der Waals surface area contributed by atoms with E-state index in [1.54, 1.807) is 0 Å². The van der Waals surface area contributed by atoms with Crippen LogP contribution in [0.15, 0.2) is 24.3 Å². The Morgan fingerprint density at radius 1 is 1.45 bits per heavy atom. The van der Waals surface area contributed by atoms with Crippen molar-refractivity contribution in [2.45, 2.75) is 43.7 Å². The summed E-state index contributed by atoms with van der Waals surface area (Å²) in [6.07, 6.45) is 5.92. The fraction of sp³-hybridized carbons (Fsp3) is 0.562. The normalized spacial score (nSPS) is 24.1. The van der Waals surface area contributed by atoms with Crippen molar-refractivity contribution in [3.8, 4) is 0 Å². The van der Waals surface area contributed by atoms with Gasteiger partial charge in [-0.2, -0.15) is 0 Å². The van der Waals surface area contributed by atoms with Crippen LogP contribution in [0.4, 0.5) is 5.69 Å². The molecular formula is C16H23N3O. The SMILES string of the molecule is CN(c1cccc(C(=N)N)c1)C1CCOC2(CCC2)C1. The third kappa shape index (κ3) is 2.40. The number of benzene rings is 1. The molecule has 1 heterocycles. The van der Waals surface area contributed by atoms with Gasteiger partial charge in [-0.1, -0.05) is 12.1 Å². The summed E-state index contributed by atoms with van der Waals surface area (Å²) in [4.78, 5) is 2.33. The fourth-order valence-electron chi connectivity index (χ4n) is 3.36. The molecule has 4 nitrogen and oxygen atoms in total. The molecule has 1 aliphatic heterocycles. The van der Waals surface area contributed by atoms with Crippen molar-refractivity contribution in [3.63, 3.8) is 0 Å². The first-order valence-corrected chi connectivity index (χ1v) is 7.41. The summed E-state index contributed by atoms with van der Waals surface area (Å²) in [5.74, 6) is 0.127. The number of amidine groups is 1. The first-order chi connectivity index (χ1) is 9.60. The van der Waals surface area contributed by atoms with Crippen LogP contribution >= 0.6 is 0 Å². The largest absolute Gasteiger partial charge is 0.384 e. The molecule has 1 aromatic carbocycles. The standard InChI is InChI=1S/C16H23N3O/c1-19(13-5-2-4-12(10-13)15(17)18)14-6-9-20-16(11-14)7-3-8-16/h2,4-5,10,14H,3,6-9,11H2,1H3,(H3,17,18). The highest BCUT2D eigenvalue weighted by atomic mass is 16.5. The van der Waals surface area contributed by atoms with Crippen molar-refractivity contribution in [1.82, 2.24) is 0 Å². The molecule has 0 bridgehead atoms. The summed E-state index contributed by atoms with van der Waals surface area (Å²) in [6, 6.07) is 8.48. The smallest absolute Gasteiger partial charge is 0.122 e. The minimum atomic E-state index is 0.127. The van der Waals surface area contributed by atoms with E-state index >= 15 is 0 Å². The maximum atomic E-state index is 7.56. The minimum Gasteiger partial charge on any atom is -0.384 e. The Morgan fingerprint density at radius 3 is 2.90 bits per heavy atom. The van der Waals surface area contributed by atoms with Crippen molar-refractivity contribution in [3.05, 3.63) is 29.8 Å². The lowest BCUT2D eigenvalue weighted by Crippen LogP contribution is -2.51. The van der Waals surface area contributed by atoms with Crippen molar-refractivity contribution in [2.24, 2.45) is 5.73 Å². The molecule has 1 spiro atoms. The number of rotatable bonds is 3. The molecule has 2 aliphatic rings. The predicted molar refractivity (Wildman–Crippen MR) is 81.4 cm³/mol. The number of hydrogen-bond acceptors (Lipinski definition) is 3. The summed E-state index contributed by atoms with van der Waals surface area (Å²) in [6.45, 7) is 0.863. The van der Waals surface area contributed by atoms with Crippen molar-refractivity contribution < 1.29 is 4.74 Å². The molecular weight excluding hydrogens is 250 g/mol. The highest BCUT2D eigenvalue weighted by Crippen LogP contribution is 2.43. The van der Waals surface area contributed by atoms with Crippen molar-refractivity contribution in [2.75, 3.05) is 18.6 Å². The number of nitrogens with one attached hydrogen (secondary N) is 1. The van der Waals surface area contributed by atoms with Crippen LogP contribution in [0, 0.1) is 5.41 Å². The van der Waals surface area contributed by atoms with Gasteiger partial charge in [0.1, 0.15) is 5.84 Å². The number of nitrogens with zero attached hydrogens (tertiary/aromatic N) is 1. The van der Waals surface area contributed by atoms with E-state index in [4.69, 9.17) is 15.9 Å². The minimum absolute atomic E-state index is 0.127. The zero-order valence-electron chi connectivity index (χ0n) is 12.1. The van der Waals surface area contributed by atoms with Gasteiger partial charge in [-0.3, -0.25) is 5.41 Å². The first-order valence-electron chi connectivity index (χ1n) is 7.41. The van der Waals surface area contributed by atoms with E-state index in [2.05, 4.69) is 18.0 Å². The second-order valence-electron chi connectivity index (χ2n) is 6.11. The second kappa shape index (κ2) is 5.09. The van der Waals surface area contributed by atoms with E-state index in [-0.39, 0.29) is 11.4 Å². The van der Waals surface area contributed by atoms with Gasteiger partial charge in [-0.05, 0) is 44.2 Å². The Balaban J connectivity index is 1.76. The molecule has 3 rings (SSSR count). The zero-order valence-corrected chi connectivity index (χ0v) is 12.1. The monoisotopic (exact) mass is 273 g/mol. The lowest BCUT2D eigenvalue weighted by molar-refractivity contribution is -0.132. The van der Waals surface area contributed by atoms with Gasteiger partial charge in [0.15, 0.2) is 0 Å². The fourth-order valence-corrected chi connectivity index (χ4v) is 3.36. The molecule has 1 aliphatic carbocycles. The van der Waals surface area contributed by atoms with E-state index in [1.165, 1.54) is 19.3 Å². The van der Waals surface area contributed by atoms with Crippen LogP contribution in [-0.2, 0) is 4.74 Å². The summed E-state index contributed by atoms with van der Waals surface area (Å²) in [7, 11) is 2.14. The van der Waals surface area contributed by atoms with Gasteiger partial charge in [0.25, 0.3) is 0 Å². The van der Waals surface area contributed by atoms with Gasteiger partial charge >= 0.3 is 0 Å². The molecule has 1 unspecified atom stereocenters. The van der Waals surface area contributed by atoms with Crippen LogP contribution in [0.2, 0.25) is 0 Å². The highest BCUT2D eigenvalue weighted by Gasteiger charge is 2.43. The number of nitrogen functional groups attached to an aromatic ring is 1.